The number of carbonyl (C=O) groups is 1. The zero-order valence-corrected chi connectivity index (χ0v) is 7.37. The van der Waals surface area contributed by atoms with Crippen LogP contribution in [-0.2, 0) is 0 Å². The molecule has 0 aromatic carbocycles. The lowest BCUT2D eigenvalue weighted by atomic mass is 9.98. The Balaban J connectivity index is 0.000000261. The van der Waals surface area contributed by atoms with Crippen molar-refractivity contribution in [2.24, 2.45) is 0 Å². The standard InChI is InChI=1S/C6H11ClO.CH2O3/c7-5-3-1-2-4-6(5)8;2-1(3)4/h5-6,8H,1-4H2;(H2,2,3,4)/t5-,6+;/m1./s1. The summed E-state index contributed by atoms with van der Waals surface area (Å²) in [6, 6.07) is 0. The van der Waals surface area contributed by atoms with Crippen LogP contribution >= 0.6 is 11.6 Å². The second kappa shape index (κ2) is 6.08. The maximum atomic E-state index is 9.05. The molecule has 0 bridgehead atoms. The van der Waals surface area contributed by atoms with Gasteiger partial charge in [0.2, 0.25) is 0 Å². The number of hydrogen-bond donors (Lipinski definition) is 3. The second-order valence-corrected chi connectivity index (χ2v) is 3.21. The summed E-state index contributed by atoms with van der Waals surface area (Å²) in [5.74, 6) is 0. The minimum Gasteiger partial charge on any atom is -0.450 e. The van der Waals surface area contributed by atoms with E-state index in [4.69, 9.17) is 31.7 Å². The number of aliphatic hydroxyl groups excluding tert-OH is 1. The van der Waals surface area contributed by atoms with E-state index in [1.165, 1.54) is 6.42 Å². The van der Waals surface area contributed by atoms with Gasteiger partial charge >= 0.3 is 6.16 Å². The topological polar surface area (TPSA) is 77.8 Å². The molecule has 0 saturated heterocycles. The molecule has 0 amide bonds. The quantitative estimate of drug-likeness (QED) is 0.516. The van der Waals surface area contributed by atoms with Gasteiger partial charge in [-0.2, -0.15) is 0 Å². The first-order chi connectivity index (χ1) is 5.54. The molecule has 2 atom stereocenters. The number of aliphatic hydroxyl groups is 1. The van der Waals surface area contributed by atoms with Gasteiger partial charge in [-0.15, -0.1) is 11.6 Å². The van der Waals surface area contributed by atoms with Crippen LogP contribution in [0.5, 0.6) is 0 Å². The minimum atomic E-state index is -1.83. The van der Waals surface area contributed by atoms with Gasteiger partial charge in [0.1, 0.15) is 0 Å². The lowest BCUT2D eigenvalue weighted by molar-refractivity contribution is 0.134. The molecule has 0 aromatic rings. The van der Waals surface area contributed by atoms with Crippen LogP contribution in [0, 0.1) is 0 Å². The Hall–Kier alpha value is -0.480. The first-order valence-corrected chi connectivity index (χ1v) is 4.21. The van der Waals surface area contributed by atoms with Gasteiger partial charge in [-0.1, -0.05) is 12.8 Å². The third-order valence-corrected chi connectivity index (χ3v) is 2.16. The Morgan fingerprint density at radius 2 is 1.67 bits per heavy atom. The average molecular weight is 197 g/mol. The minimum absolute atomic E-state index is 0.0312. The number of alkyl halides is 1. The van der Waals surface area contributed by atoms with Gasteiger partial charge in [-0.25, -0.2) is 4.79 Å². The first-order valence-electron chi connectivity index (χ1n) is 3.78. The second-order valence-electron chi connectivity index (χ2n) is 2.65. The highest BCUT2D eigenvalue weighted by atomic mass is 35.5. The molecule has 1 fully saturated rings. The largest absolute Gasteiger partial charge is 0.503 e. The van der Waals surface area contributed by atoms with Crippen molar-refractivity contribution in [1.29, 1.82) is 0 Å². The van der Waals surface area contributed by atoms with Crippen molar-refractivity contribution in [3.8, 4) is 0 Å². The lowest BCUT2D eigenvalue weighted by Crippen LogP contribution is -2.24. The summed E-state index contributed by atoms with van der Waals surface area (Å²) >= 11 is 5.72. The molecule has 12 heavy (non-hydrogen) atoms. The van der Waals surface area contributed by atoms with Crippen LogP contribution in [0.3, 0.4) is 0 Å². The summed E-state index contributed by atoms with van der Waals surface area (Å²) in [5, 5.41) is 23.0. The van der Waals surface area contributed by atoms with Gasteiger partial charge in [-0.3, -0.25) is 0 Å². The zero-order chi connectivity index (χ0) is 9.56. The predicted molar refractivity (Wildman–Crippen MR) is 44.8 cm³/mol. The fourth-order valence-electron chi connectivity index (χ4n) is 1.07. The fraction of sp³-hybridized carbons (Fsp3) is 0.857. The molecule has 0 heterocycles. The zero-order valence-electron chi connectivity index (χ0n) is 6.61. The normalized spacial score (nSPS) is 28.5. The molecule has 1 aliphatic rings. The van der Waals surface area contributed by atoms with Gasteiger partial charge in [0, 0.05) is 0 Å². The summed E-state index contributed by atoms with van der Waals surface area (Å²) in [4.78, 5) is 8.56. The van der Waals surface area contributed by atoms with Gasteiger partial charge in [-0.05, 0) is 12.8 Å². The molecule has 1 rings (SSSR count). The molecule has 1 aliphatic carbocycles. The Morgan fingerprint density at radius 1 is 1.25 bits per heavy atom. The summed E-state index contributed by atoms with van der Waals surface area (Å²) in [6.45, 7) is 0. The van der Waals surface area contributed by atoms with Crippen LogP contribution in [0.1, 0.15) is 25.7 Å². The van der Waals surface area contributed by atoms with Crippen molar-refractivity contribution in [3.05, 3.63) is 0 Å². The van der Waals surface area contributed by atoms with Crippen LogP contribution in [0.25, 0.3) is 0 Å². The number of hydrogen-bond acceptors (Lipinski definition) is 2. The Morgan fingerprint density at radius 3 is 1.92 bits per heavy atom. The van der Waals surface area contributed by atoms with Crippen LogP contribution in [0.15, 0.2) is 0 Å². The van der Waals surface area contributed by atoms with Crippen molar-refractivity contribution in [3.63, 3.8) is 0 Å². The number of halogens is 1. The summed E-state index contributed by atoms with van der Waals surface area (Å²) < 4.78 is 0. The SMILES string of the molecule is O=C(O)O.O[C@H]1CCCC[C@H]1Cl. The van der Waals surface area contributed by atoms with E-state index in [0.717, 1.165) is 19.3 Å². The highest BCUT2D eigenvalue weighted by Crippen LogP contribution is 2.22. The Labute approximate surface area is 75.8 Å². The maximum Gasteiger partial charge on any atom is 0.503 e. The molecular formula is C7H13ClO4. The van der Waals surface area contributed by atoms with Crippen LogP contribution in [0.4, 0.5) is 4.79 Å². The molecule has 0 spiro atoms. The smallest absolute Gasteiger partial charge is 0.450 e. The van der Waals surface area contributed by atoms with Gasteiger partial charge in [0.25, 0.3) is 0 Å². The van der Waals surface area contributed by atoms with Crippen molar-refractivity contribution in [2.75, 3.05) is 0 Å². The summed E-state index contributed by atoms with van der Waals surface area (Å²) in [7, 11) is 0. The van der Waals surface area contributed by atoms with E-state index in [-0.39, 0.29) is 11.5 Å². The van der Waals surface area contributed by atoms with Gasteiger partial charge < -0.3 is 15.3 Å². The van der Waals surface area contributed by atoms with Gasteiger partial charge in [0.15, 0.2) is 0 Å². The van der Waals surface area contributed by atoms with E-state index in [1.807, 2.05) is 0 Å². The van der Waals surface area contributed by atoms with Crippen molar-refractivity contribution >= 4 is 17.8 Å². The third-order valence-electron chi connectivity index (χ3n) is 1.65. The van der Waals surface area contributed by atoms with E-state index >= 15 is 0 Å². The Kier molecular flexibility index (Phi) is 5.84. The number of carboxylic acid groups (broad SMARTS) is 2. The number of rotatable bonds is 0. The highest BCUT2D eigenvalue weighted by Gasteiger charge is 2.19. The highest BCUT2D eigenvalue weighted by molar-refractivity contribution is 6.21. The van der Waals surface area contributed by atoms with Crippen molar-refractivity contribution in [2.45, 2.75) is 37.2 Å². The Bertz CT molecular complexity index is 125. The van der Waals surface area contributed by atoms with Crippen LogP contribution in [0.2, 0.25) is 0 Å². The molecule has 1 saturated carbocycles. The third kappa shape index (κ3) is 6.24. The first kappa shape index (κ1) is 11.5. The molecular weight excluding hydrogens is 184 g/mol. The van der Waals surface area contributed by atoms with E-state index in [1.54, 1.807) is 0 Å². The predicted octanol–water partition coefficient (Wildman–Crippen LogP) is 1.75. The molecule has 4 nitrogen and oxygen atoms in total. The van der Waals surface area contributed by atoms with Crippen LogP contribution < -0.4 is 0 Å². The molecule has 0 aromatic heterocycles. The van der Waals surface area contributed by atoms with Crippen molar-refractivity contribution < 1.29 is 20.1 Å². The van der Waals surface area contributed by atoms with Crippen LogP contribution in [-0.4, -0.2) is 33.0 Å². The fourth-order valence-corrected chi connectivity index (χ4v) is 1.35. The van der Waals surface area contributed by atoms with E-state index in [0.29, 0.717) is 0 Å². The van der Waals surface area contributed by atoms with Crippen molar-refractivity contribution in [1.82, 2.24) is 0 Å². The van der Waals surface area contributed by atoms with E-state index < -0.39 is 6.16 Å². The lowest BCUT2D eigenvalue weighted by Gasteiger charge is -2.21. The molecule has 0 unspecified atom stereocenters. The monoisotopic (exact) mass is 196 g/mol. The van der Waals surface area contributed by atoms with Gasteiger partial charge in [0.05, 0.1) is 11.5 Å². The molecule has 5 heteroatoms. The molecule has 0 radical (unpaired) electrons. The van der Waals surface area contributed by atoms with E-state index in [2.05, 4.69) is 0 Å². The molecule has 0 aliphatic heterocycles. The summed E-state index contributed by atoms with van der Waals surface area (Å²) in [6.07, 6.45) is 2.15. The summed E-state index contributed by atoms with van der Waals surface area (Å²) in [5.41, 5.74) is 0. The maximum absolute atomic E-state index is 9.05. The average Bonchev–Trinajstić information content (AvgIpc) is 1.94. The van der Waals surface area contributed by atoms with E-state index in [9.17, 15) is 0 Å². The molecule has 72 valence electrons. The molecule has 3 N–H and O–H groups in total.